The summed E-state index contributed by atoms with van der Waals surface area (Å²) in [5.74, 6) is 1.83. The van der Waals surface area contributed by atoms with E-state index in [2.05, 4.69) is 10.3 Å². The van der Waals surface area contributed by atoms with E-state index in [1.165, 1.54) is 0 Å². The van der Waals surface area contributed by atoms with Gasteiger partial charge in [-0.1, -0.05) is 6.07 Å². The Morgan fingerprint density at radius 2 is 1.94 bits per heavy atom. The maximum Gasteiger partial charge on any atom is 0.215 e. The zero-order chi connectivity index (χ0) is 13.0. The smallest absolute Gasteiger partial charge is 0.215 e. The third-order valence-corrected chi connectivity index (χ3v) is 2.44. The second-order valence-corrected chi connectivity index (χ2v) is 3.65. The minimum Gasteiger partial charge on any atom is -0.497 e. The molecule has 0 aliphatic heterocycles. The lowest BCUT2D eigenvalue weighted by Gasteiger charge is -2.10. The average Bonchev–Trinajstić information content (AvgIpc) is 2.41. The summed E-state index contributed by atoms with van der Waals surface area (Å²) in [4.78, 5) is 4.24. The molecule has 94 valence electrons. The molecule has 1 aromatic carbocycles. The van der Waals surface area contributed by atoms with Gasteiger partial charge in [0, 0.05) is 17.8 Å². The summed E-state index contributed by atoms with van der Waals surface area (Å²) < 4.78 is 10.2. The predicted molar refractivity (Wildman–Crippen MR) is 71.5 cm³/mol. The highest BCUT2D eigenvalue weighted by Crippen LogP contribution is 2.25. The van der Waals surface area contributed by atoms with Crippen LogP contribution in [0.4, 0.5) is 17.2 Å². The van der Waals surface area contributed by atoms with Crippen LogP contribution >= 0.6 is 0 Å². The standard InChI is InChI=1S/C13H15N3O2/c1-17-10-5-3-4-9(8-10)15-13-11(14)6-7-12(16-13)18-2/h3-8H,14H2,1-2H3,(H,15,16). The molecular formula is C13H15N3O2. The van der Waals surface area contributed by atoms with E-state index >= 15 is 0 Å². The van der Waals surface area contributed by atoms with Crippen molar-refractivity contribution >= 4 is 17.2 Å². The fourth-order valence-corrected chi connectivity index (χ4v) is 1.50. The molecule has 0 unspecified atom stereocenters. The first-order valence-electron chi connectivity index (χ1n) is 5.44. The Kier molecular flexibility index (Phi) is 3.52. The number of rotatable bonds is 4. The number of ether oxygens (including phenoxy) is 2. The number of pyridine rings is 1. The summed E-state index contributed by atoms with van der Waals surface area (Å²) in [6, 6.07) is 11.0. The number of nitrogen functional groups attached to an aromatic ring is 1. The molecule has 0 aliphatic rings. The molecule has 0 radical (unpaired) electrons. The summed E-state index contributed by atoms with van der Waals surface area (Å²) in [5, 5.41) is 3.13. The largest absolute Gasteiger partial charge is 0.497 e. The molecule has 0 aliphatic carbocycles. The third kappa shape index (κ3) is 2.63. The van der Waals surface area contributed by atoms with Crippen molar-refractivity contribution in [3.63, 3.8) is 0 Å². The summed E-state index contributed by atoms with van der Waals surface area (Å²) in [7, 11) is 3.19. The Hall–Kier alpha value is -2.43. The summed E-state index contributed by atoms with van der Waals surface area (Å²) in [5.41, 5.74) is 7.25. The Bertz CT molecular complexity index is 544. The van der Waals surface area contributed by atoms with Crippen molar-refractivity contribution in [3.05, 3.63) is 36.4 Å². The molecule has 18 heavy (non-hydrogen) atoms. The first-order chi connectivity index (χ1) is 8.72. The van der Waals surface area contributed by atoms with E-state index in [0.717, 1.165) is 11.4 Å². The second kappa shape index (κ2) is 5.27. The summed E-state index contributed by atoms with van der Waals surface area (Å²) >= 11 is 0. The van der Waals surface area contributed by atoms with Crippen molar-refractivity contribution in [3.8, 4) is 11.6 Å². The summed E-state index contributed by atoms with van der Waals surface area (Å²) in [6.45, 7) is 0. The summed E-state index contributed by atoms with van der Waals surface area (Å²) in [6.07, 6.45) is 0. The molecule has 0 fully saturated rings. The van der Waals surface area contributed by atoms with Gasteiger partial charge in [0.1, 0.15) is 5.75 Å². The van der Waals surface area contributed by atoms with E-state index in [4.69, 9.17) is 15.2 Å². The monoisotopic (exact) mass is 245 g/mol. The van der Waals surface area contributed by atoms with Gasteiger partial charge >= 0.3 is 0 Å². The minimum atomic E-state index is 0.509. The quantitative estimate of drug-likeness (QED) is 0.865. The number of benzene rings is 1. The minimum absolute atomic E-state index is 0.509. The second-order valence-electron chi connectivity index (χ2n) is 3.65. The Labute approximate surface area is 106 Å². The number of nitrogens with two attached hydrogens (primary N) is 1. The highest BCUT2D eigenvalue weighted by molar-refractivity contribution is 5.69. The molecular weight excluding hydrogens is 230 g/mol. The van der Waals surface area contributed by atoms with Crippen molar-refractivity contribution in [1.29, 1.82) is 0 Å². The highest BCUT2D eigenvalue weighted by Gasteiger charge is 2.04. The SMILES string of the molecule is COc1cccc(Nc2nc(OC)ccc2N)c1. The van der Waals surface area contributed by atoms with Crippen LogP contribution in [0.15, 0.2) is 36.4 Å². The van der Waals surface area contributed by atoms with Crippen LogP contribution in [-0.2, 0) is 0 Å². The van der Waals surface area contributed by atoms with Gasteiger partial charge < -0.3 is 20.5 Å². The van der Waals surface area contributed by atoms with Gasteiger partial charge in [-0.3, -0.25) is 0 Å². The highest BCUT2D eigenvalue weighted by atomic mass is 16.5. The topological polar surface area (TPSA) is 69.4 Å². The van der Waals surface area contributed by atoms with Crippen molar-refractivity contribution in [2.75, 3.05) is 25.3 Å². The van der Waals surface area contributed by atoms with Crippen LogP contribution in [0.5, 0.6) is 11.6 Å². The Morgan fingerprint density at radius 1 is 1.11 bits per heavy atom. The Morgan fingerprint density at radius 3 is 2.67 bits per heavy atom. The number of anilines is 3. The van der Waals surface area contributed by atoms with Crippen LogP contribution in [0, 0.1) is 0 Å². The molecule has 1 aromatic heterocycles. The molecule has 0 saturated carbocycles. The molecule has 0 saturated heterocycles. The van der Waals surface area contributed by atoms with Crippen molar-refractivity contribution in [2.45, 2.75) is 0 Å². The van der Waals surface area contributed by atoms with Crippen molar-refractivity contribution < 1.29 is 9.47 Å². The van der Waals surface area contributed by atoms with Gasteiger partial charge in [0.25, 0.3) is 0 Å². The first kappa shape index (κ1) is 12.0. The Balaban J connectivity index is 2.27. The van der Waals surface area contributed by atoms with Gasteiger partial charge in [0.05, 0.1) is 19.9 Å². The van der Waals surface area contributed by atoms with Crippen molar-refractivity contribution in [2.24, 2.45) is 0 Å². The van der Waals surface area contributed by atoms with Gasteiger partial charge in [-0.25, -0.2) is 0 Å². The molecule has 2 aromatic rings. The third-order valence-electron chi connectivity index (χ3n) is 2.44. The zero-order valence-corrected chi connectivity index (χ0v) is 10.3. The maximum absolute atomic E-state index is 5.85. The van der Waals surface area contributed by atoms with Crippen LogP contribution in [-0.4, -0.2) is 19.2 Å². The average molecular weight is 245 g/mol. The van der Waals surface area contributed by atoms with E-state index in [-0.39, 0.29) is 0 Å². The fraction of sp³-hybridized carbons (Fsp3) is 0.154. The first-order valence-corrected chi connectivity index (χ1v) is 5.44. The molecule has 5 heteroatoms. The van der Waals surface area contributed by atoms with E-state index in [9.17, 15) is 0 Å². The van der Waals surface area contributed by atoms with E-state index < -0.39 is 0 Å². The maximum atomic E-state index is 5.85. The van der Waals surface area contributed by atoms with E-state index in [0.29, 0.717) is 17.4 Å². The number of nitrogens with one attached hydrogen (secondary N) is 1. The molecule has 0 amide bonds. The van der Waals surface area contributed by atoms with Crippen LogP contribution < -0.4 is 20.5 Å². The van der Waals surface area contributed by atoms with Crippen LogP contribution in [0.2, 0.25) is 0 Å². The predicted octanol–water partition coefficient (Wildman–Crippen LogP) is 2.42. The molecule has 1 heterocycles. The van der Waals surface area contributed by atoms with Crippen LogP contribution in [0.25, 0.3) is 0 Å². The number of hydrogen-bond acceptors (Lipinski definition) is 5. The van der Waals surface area contributed by atoms with Crippen molar-refractivity contribution in [1.82, 2.24) is 4.98 Å². The molecule has 0 atom stereocenters. The van der Waals surface area contributed by atoms with E-state index in [1.807, 2.05) is 24.3 Å². The lowest BCUT2D eigenvalue weighted by atomic mass is 10.3. The normalized spacial score (nSPS) is 9.89. The molecule has 2 rings (SSSR count). The molecule has 0 spiro atoms. The van der Waals surface area contributed by atoms with Gasteiger partial charge in [0.2, 0.25) is 5.88 Å². The zero-order valence-electron chi connectivity index (χ0n) is 10.3. The van der Waals surface area contributed by atoms with Crippen LogP contribution in [0.3, 0.4) is 0 Å². The van der Waals surface area contributed by atoms with Crippen LogP contribution in [0.1, 0.15) is 0 Å². The molecule has 0 bridgehead atoms. The van der Waals surface area contributed by atoms with Gasteiger partial charge in [-0.2, -0.15) is 4.98 Å². The molecule has 3 N–H and O–H groups in total. The van der Waals surface area contributed by atoms with Gasteiger partial charge in [-0.15, -0.1) is 0 Å². The number of methoxy groups -OCH3 is 2. The van der Waals surface area contributed by atoms with Gasteiger partial charge in [-0.05, 0) is 18.2 Å². The number of hydrogen-bond donors (Lipinski definition) is 2. The number of nitrogens with zero attached hydrogens (tertiary/aromatic N) is 1. The molecule has 5 nitrogen and oxygen atoms in total. The van der Waals surface area contributed by atoms with Gasteiger partial charge in [0.15, 0.2) is 5.82 Å². The lowest BCUT2D eigenvalue weighted by Crippen LogP contribution is -2.00. The fourth-order valence-electron chi connectivity index (χ4n) is 1.50. The number of aromatic nitrogens is 1. The lowest BCUT2D eigenvalue weighted by molar-refractivity contribution is 0.398. The van der Waals surface area contributed by atoms with E-state index in [1.54, 1.807) is 26.4 Å².